The molecule has 0 N–H and O–H groups in total. The van der Waals surface area contributed by atoms with Crippen molar-refractivity contribution in [2.75, 3.05) is 36.0 Å². The van der Waals surface area contributed by atoms with Crippen LogP contribution in [0.5, 0.6) is 0 Å². The molecule has 0 unspecified atom stereocenters. The third-order valence-corrected chi connectivity index (χ3v) is 4.97. The van der Waals surface area contributed by atoms with E-state index in [1.54, 1.807) is 12.4 Å². The molecule has 1 fully saturated rings. The highest BCUT2D eigenvalue weighted by Crippen LogP contribution is 2.21. The minimum atomic E-state index is 0.835. The molecule has 1 saturated heterocycles. The Bertz CT molecular complexity index is 1070. The van der Waals surface area contributed by atoms with Crippen molar-refractivity contribution in [3.05, 3.63) is 67.1 Å². The Morgan fingerprint density at radius 1 is 0.679 bits per heavy atom. The fourth-order valence-electron chi connectivity index (χ4n) is 3.43. The molecular formula is C21H19N7. The van der Waals surface area contributed by atoms with Crippen LogP contribution in [-0.4, -0.2) is 51.3 Å². The van der Waals surface area contributed by atoms with E-state index in [2.05, 4.69) is 30.0 Å². The number of benzene rings is 1. The summed E-state index contributed by atoms with van der Waals surface area (Å²) >= 11 is 0. The van der Waals surface area contributed by atoms with Gasteiger partial charge >= 0.3 is 0 Å². The van der Waals surface area contributed by atoms with E-state index in [4.69, 9.17) is 4.98 Å². The van der Waals surface area contributed by atoms with Crippen molar-refractivity contribution in [3.63, 3.8) is 0 Å². The van der Waals surface area contributed by atoms with Gasteiger partial charge in [0.2, 0.25) is 0 Å². The number of hydrogen-bond acceptors (Lipinski definition) is 7. The lowest BCUT2D eigenvalue weighted by atomic mass is 10.2. The van der Waals surface area contributed by atoms with Crippen molar-refractivity contribution < 1.29 is 0 Å². The minimum Gasteiger partial charge on any atom is -0.352 e. The van der Waals surface area contributed by atoms with Crippen molar-refractivity contribution in [3.8, 4) is 11.3 Å². The molecule has 1 aliphatic rings. The van der Waals surface area contributed by atoms with Crippen LogP contribution in [0.2, 0.25) is 0 Å². The van der Waals surface area contributed by atoms with Gasteiger partial charge in [0.25, 0.3) is 0 Å². The van der Waals surface area contributed by atoms with Gasteiger partial charge in [0.15, 0.2) is 5.82 Å². The summed E-state index contributed by atoms with van der Waals surface area (Å²) in [5.41, 5.74) is 3.66. The molecule has 1 aliphatic heterocycles. The molecule has 0 spiro atoms. The summed E-state index contributed by atoms with van der Waals surface area (Å²) in [7, 11) is 0. The number of aromatic nitrogens is 5. The summed E-state index contributed by atoms with van der Waals surface area (Å²) in [5.74, 6) is 1.83. The highest BCUT2D eigenvalue weighted by Gasteiger charge is 2.20. The first-order valence-corrected chi connectivity index (χ1v) is 9.33. The first-order chi connectivity index (χ1) is 13.9. The van der Waals surface area contributed by atoms with Crippen LogP contribution in [-0.2, 0) is 0 Å². The van der Waals surface area contributed by atoms with Gasteiger partial charge in [0, 0.05) is 44.1 Å². The fraction of sp³-hybridized carbons (Fsp3) is 0.190. The number of pyridine rings is 1. The van der Waals surface area contributed by atoms with Gasteiger partial charge in [-0.2, -0.15) is 0 Å². The molecule has 3 aromatic heterocycles. The van der Waals surface area contributed by atoms with Crippen molar-refractivity contribution in [2.45, 2.75) is 0 Å². The second kappa shape index (κ2) is 7.19. The summed E-state index contributed by atoms with van der Waals surface area (Å²) in [4.78, 5) is 17.9. The molecule has 0 radical (unpaired) electrons. The van der Waals surface area contributed by atoms with Gasteiger partial charge in [-0.3, -0.25) is 9.97 Å². The van der Waals surface area contributed by atoms with E-state index in [1.807, 2.05) is 54.7 Å². The van der Waals surface area contributed by atoms with E-state index in [0.717, 1.165) is 60.1 Å². The number of para-hydroxylation sites is 2. The summed E-state index contributed by atoms with van der Waals surface area (Å²) in [6, 6.07) is 15.9. The highest BCUT2D eigenvalue weighted by atomic mass is 15.3. The van der Waals surface area contributed by atoms with Gasteiger partial charge in [0.1, 0.15) is 5.82 Å². The summed E-state index contributed by atoms with van der Waals surface area (Å²) in [6.07, 6.45) is 5.41. The van der Waals surface area contributed by atoms with Gasteiger partial charge in [-0.1, -0.05) is 12.1 Å². The fourth-order valence-corrected chi connectivity index (χ4v) is 3.43. The molecule has 7 heteroatoms. The van der Waals surface area contributed by atoms with E-state index < -0.39 is 0 Å². The lowest BCUT2D eigenvalue weighted by Crippen LogP contribution is -2.47. The molecule has 0 aliphatic carbocycles. The van der Waals surface area contributed by atoms with E-state index in [9.17, 15) is 0 Å². The lowest BCUT2D eigenvalue weighted by molar-refractivity contribution is 0.638. The van der Waals surface area contributed by atoms with Crippen molar-refractivity contribution in [2.24, 2.45) is 0 Å². The zero-order chi connectivity index (χ0) is 18.8. The maximum absolute atomic E-state index is 4.75. The third kappa shape index (κ3) is 3.22. The molecule has 0 bridgehead atoms. The predicted octanol–water partition coefficient (Wildman–Crippen LogP) is 2.81. The van der Waals surface area contributed by atoms with E-state index >= 15 is 0 Å². The van der Waals surface area contributed by atoms with Crippen LogP contribution in [0.25, 0.3) is 22.3 Å². The Morgan fingerprint density at radius 2 is 1.46 bits per heavy atom. The quantitative estimate of drug-likeness (QED) is 0.550. The molecule has 4 heterocycles. The van der Waals surface area contributed by atoms with E-state index in [1.165, 1.54) is 0 Å². The second-order valence-electron chi connectivity index (χ2n) is 6.71. The van der Waals surface area contributed by atoms with E-state index in [0.29, 0.717) is 0 Å². The smallest absolute Gasteiger partial charge is 0.151 e. The maximum atomic E-state index is 4.75. The minimum absolute atomic E-state index is 0.835. The Balaban J connectivity index is 1.27. The Labute approximate surface area is 162 Å². The summed E-state index contributed by atoms with van der Waals surface area (Å²) in [6.45, 7) is 3.49. The van der Waals surface area contributed by atoms with E-state index in [-0.39, 0.29) is 0 Å². The molecule has 7 nitrogen and oxygen atoms in total. The van der Waals surface area contributed by atoms with Crippen molar-refractivity contribution in [1.82, 2.24) is 25.1 Å². The van der Waals surface area contributed by atoms with Crippen LogP contribution >= 0.6 is 0 Å². The average molecular weight is 369 g/mol. The number of piperazine rings is 1. The standard InChI is InChI=1S/C21H19N7/c1-2-6-19-18(5-1)23-15-21(24-19)28-12-10-27(11-13-28)20-8-7-17(25-26-20)16-4-3-9-22-14-16/h1-9,14-15H,10-13H2. The Hall–Kier alpha value is -3.61. The topological polar surface area (TPSA) is 70.9 Å². The van der Waals surface area contributed by atoms with Crippen LogP contribution in [0.3, 0.4) is 0 Å². The van der Waals surface area contributed by atoms with Crippen LogP contribution in [0.4, 0.5) is 11.6 Å². The monoisotopic (exact) mass is 369 g/mol. The number of rotatable bonds is 3. The molecule has 138 valence electrons. The number of fused-ring (bicyclic) bond motifs is 1. The van der Waals surface area contributed by atoms with Crippen molar-refractivity contribution in [1.29, 1.82) is 0 Å². The lowest BCUT2D eigenvalue weighted by Gasteiger charge is -2.35. The highest BCUT2D eigenvalue weighted by molar-refractivity contribution is 5.75. The van der Waals surface area contributed by atoms with Crippen LogP contribution in [0.15, 0.2) is 67.1 Å². The van der Waals surface area contributed by atoms with Gasteiger partial charge in [-0.05, 0) is 36.4 Å². The molecular weight excluding hydrogens is 350 g/mol. The van der Waals surface area contributed by atoms with Crippen LogP contribution in [0, 0.1) is 0 Å². The second-order valence-corrected chi connectivity index (χ2v) is 6.71. The van der Waals surface area contributed by atoms with Gasteiger partial charge in [-0.25, -0.2) is 4.98 Å². The molecule has 0 saturated carbocycles. The number of hydrogen-bond donors (Lipinski definition) is 0. The first-order valence-electron chi connectivity index (χ1n) is 9.33. The molecule has 1 aromatic carbocycles. The van der Waals surface area contributed by atoms with Crippen LogP contribution in [0.1, 0.15) is 0 Å². The first kappa shape index (κ1) is 16.6. The molecule has 28 heavy (non-hydrogen) atoms. The normalized spacial score (nSPS) is 14.4. The Morgan fingerprint density at radius 3 is 2.18 bits per heavy atom. The summed E-state index contributed by atoms with van der Waals surface area (Å²) < 4.78 is 0. The van der Waals surface area contributed by atoms with Crippen LogP contribution < -0.4 is 9.80 Å². The largest absolute Gasteiger partial charge is 0.352 e. The zero-order valence-electron chi connectivity index (χ0n) is 15.3. The predicted molar refractivity (Wildman–Crippen MR) is 109 cm³/mol. The molecule has 0 atom stereocenters. The van der Waals surface area contributed by atoms with Gasteiger partial charge < -0.3 is 9.80 Å². The Kier molecular flexibility index (Phi) is 4.25. The molecule has 0 amide bonds. The number of nitrogens with zero attached hydrogens (tertiary/aromatic N) is 7. The van der Waals surface area contributed by atoms with Gasteiger partial charge in [-0.15, -0.1) is 10.2 Å². The summed E-state index contributed by atoms with van der Waals surface area (Å²) in [5, 5.41) is 8.79. The average Bonchev–Trinajstić information content (AvgIpc) is 2.80. The molecule has 4 aromatic rings. The molecule has 5 rings (SSSR count). The maximum Gasteiger partial charge on any atom is 0.151 e. The zero-order valence-corrected chi connectivity index (χ0v) is 15.3. The number of anilines is 2. The third-order valence-electron chi connectivity index (χ3n) is 4.97. The van der Waals surface area contributed by atoms with Crippen molar-refractivity contribution >= 4 is 22.7 Å². The van der Waals surface area contributed by atoms with Gasteiger partial charge in [0.05, 0.1) is 22.9 Å². The SMILES string of the molecule is c1cncc(-c2ccc(N3CCN(c4cnc5ccccc5n4)CC3)nn2)c1.